The van der Waals surface area contributed by atoms with Gasteiger partial charge in [-0.15, -0.1) is 0 Å². The van der Waals surface area contributed by atoms with Crippen molar-refractivity contribution < 1.29 is 57.9 Å². The summed E-state index contributed by atoms with van der Waals surface area (Å²) in [7, 11) is 0. The highest BCUT2D eigenvalue weighted by molar-refractivity contribution is 5.86. The third kappa shape index (κ3) is 11.7. The highest BCUT2D eigenvalue weighted by Crippen LogP contribution is 2.35. The minimum absolute atomic E-state index is 0.0107. The van der Waals surface area contributed by atoms with Crippen molar-refractivity contribution in [1.82, 2.24) is 25.5 Å². The predicted molar refractivity (Wildman–Crippen MR) is 174 cm³/mol. The van der Waals surface area contributed by atoms with Gasteiger partial charge in [0.2, 0.25) is 5.91 Å². The molecule has 19 nitrogen and oxygen atoms in total. The predicted octanol–water partition coefficient (Wildman–Crippen LogP) is -1.64. The van der Waals surface area contributed by atoms with Crippen molar-refractivity contribution in [2.24, 2.45) is 0 Å². The van der Waals surface area contributed by atoms with E-state index in [-0.39, 0.29) is 32.7 Å². The van der Waals surface area contributed by atoms with Crippen LogP contribution in [-0.2, 0) is 49.5 Å². The first-order valence-corrected chi connectivity index (χ1v) is 16.1. The van der Waals surface area contributed by atoms with Crippen LogP contribution in [0.2, 0.25) is 0 Å². The number of nitrogens with one attached hydrogen (secondary N) is 4. The second kappa shape index (κ2) is 19.3. The van der Waals surface area contributed by atoms with E-state index in [9.17, 15) is 43.8 Å². The lowest BCUT2D eigenvalue weighted by atomic mass is 9.98. The Morgan fingerprint density at radius 2 is 1.61 bits per heavy atom. The van der Waals surface area contributed by atoms with Crippen LogP contribution in [0.5, 0.6) is 0 Å². The number of carbonyl (C=O) groups is 5. The number of H-pyrrole nitrogens is 1. The summed E-state index contributed by atoms with van der Waals surface area (Å²) in [6, 6.07) is 6.96. The van der Waals surface area contributed by atoms with Crippen molar-refractivity contribution in [1.29, 1.82) is 0 Å². The van der Waals surface area contributed by atoms with Gasteiger partial charge < -0.3 is 49.8 Å². The summed E-state index contributed by atoms with van der Waals surface area (Å²) >= 11 is 0. The Bertz CT molecular complexity index is 1610. The first-order valence-electron chi connectivity index (χ1n) is 16.1. The summed E-state index contributed by atoms with van der Waals surface area (Å²) in [4.78, 5) is 88.5. The average Bonchev–Trinajstić information content (AvgIpc) is 3.40. The van der Waals surface area contributed by atoms with Crippen molar-refractivity contribution in [2.45, 2.75) is 89.6 Å². The smallest absolute Gasteiger partial charge is 0.408 e. The maximum absolute atomic E-state index is 13.0. The molecule has 0 bridgehead atoms. The van der Waals surface area contributed by atoms with Gasteiger partial charge >= 0.3 is 29.7 Å². The largest absolute Gasteiger partial charge is 0.465 e. The van der Waals surface area contributed by atoms with Crippen molar-refractivity contribution in [3.63, 3.8) is 0 Å². The van der Waals surface area contributed by atoms with Gasteiger partial charge in [-0.1, -0.05) is 30.3 Å². The maximum atomic E-state index is 13.0. The normalized spacial score (nSPS) is 20.6. The number of alkyl carbamates (subject to hydrolysis) is 1. The Hall–Kier alpha value is -5.11. The molecule has 1 unspecified atom stereocenters. The molecule has 1 aromatic carbocycles. The number of hydrogen-bond donors (Lipinski definition) is 6. The molecule has 280 valence electrons. The molecule has 51 heavy (non-hydrogen) atoms. The molecule has 2 aromatic rings. The second-order valence-corrected chi connectivity index (χ2v) is 11.4. The van der Waals surface area contributed by atoms with Crippen LogP contribution < -0.4 is 27.2 Å². The van der Waals surface area contributed by atoms with E-state index in [0.29, 0.717) is 0 Å². The van der Waals surface area contributed by atoms with Crippen LogP contribution in [0.3, 0.4) is 0 Å². The number of nitrogens with zero attached hydrogens (tertiary/aromatic N) is 1. The van der Waals surface area contributed by atoms with E-state index in [1.54, 1.807) is 30.3 Å². The average molecular weight is 722 g/mol. The molecule has 0 spiro atoms. The van der Waals surface area contributed by atoms with E-state index >= 15 is 0 Å². The van der Waals surface area contributed by atoms with Gasteiger partial charge in [-0.25, -0.2) is 9.59 Å². The number of aliphatic hydroxyl groups is 2. The van der Waals surface area contributed by atoms with Gasteiger partial charge in [0.15, 0.2) is 18.4 Å². The Morgan fingerprint density at radius 1 is 0.941 bits per heavy atom. The van der Waals surface area contributed by atoms with Gasteiger partial charge in [-0.05, 0) is 32.4 Å². The Balaban J connectivity index is 1.68. The molecule has 1 aliphatic heterocycles. The summed E-state index contributed by atoms with van der Waals surface area (Å²) < 4.78 is 27.7. The second-order valence-electron chi connectivity index (χ2n) is 11.4. The number of aromatic nitrogens is 2. The van der Waals surface area contributed by atoms with Gasteiger partial charge in [-0.3, -0.25) is 33.5 Å². The Labute approximate surface area is 291 Å². The number of carbonyl (C=O) groups excluding carboxylic acids is 5. The molecule has 0 saturated carbocycles. The zero-order valence-corrected chi connectivity index (χ0v) is 28.4. The molecule has 19 heteroatoms. The summed E-state index contributed by atoms with van der Waals surface area (Å²) in [6.45, 7) is 4.79. The van der Waals surface area contributed by atoms with E-state index in [0.717, 1.165) is 36.2 Å². The molecular weight excluding hydrogens is 678 g/mol. The molecule has 1 aromatic heterocycles. The van der Waals surface area contributed by atoms with Gasteiger partial charge in [0, 0.05) is 32.7 Å². The van der Waals surface area contributed by atoms with E-state index in [1.165, 1.54) is 13.8 Å². The summed E-state index contributed by atoms with van der Waals surface area (Å²) in [5.74, 6) is -3.36. The fourth-order valence-electron chi connectivity index (χ4n) is 5.16. The van der Waals surface area contributed by atoms with E-state index in [1.807, 2.05) is 4.98 Å². The minimum Gasteiger partial charge on any atom is -0.465 e. The number of rotatable bonds is 17. The lowest BCUT2D eigenvalue weighted by molar-refractivity contribution is -0.168. The zero-order chi connectivity index (χ0) is 37.7. The molecular formula is C32H43N5O14. The number of benzene rings is 1. The number of hydrogen-bond acceptors (Lipinski definition) is 15. The van der Waals surface area contributed by atoms with Crippen LogP contribution in [0, 0.1) is 0 Å². The minimum atomic E-state index is -1.84. The Morgan fingerprint density at radius 3 is 2.22 bits per heavy atom. The number of ether oxygens (including phenoxy) is 5. The molecule has 0 radical (unpaired) electrons. The van der Waals surface area contributed by atoms with Gasteiger partial charge in [-0.2, -0.15) is 0 Å². The van der Waals surface area contributed by atoms with Crippen molar-refractivity contribution in [3.8, 4) is 0 Å². The number of aliphatic hydroxyl groups excluding tert-OH is 2. The fourth-order valence-corrected chi connectivity index (χ4v) is 5.16. The molecule has 3 rings (SSSR count). The van der Waals surface area contributed by atoms with Crippen LogP contribution in [-0.4, -0.2) is 112 Å². The van der Waals surface area contributed by atoms with Crippen LogP contribution in [0.15, 0.2) is 52.2 Å². The molecule has 6 N–H and O–H groups in total. The monoisotopic (exact) mass is 721 g/mol. The molecule has 1 aliphatic rings. The number of amides is 2. The third-order valence-electron chi connectivity index (χ3n) is 7.44. The number of esters is 3. The fraction of sp³-hybridized carbons (Fsp3) is 0.531. The lowest BCUT2D eigenvalue weighted by Crippen LogP contribution is -2.56. The summed E-state index contributed by atoms with van der Waals surface area (Å²) in [5, 5.41) is 29.3. The molecule has 2 amide bonds. The van der Waals surface area contributed by atoms with Crippen molar-refractivity contribution in [2.75, 3.05) is 19.7 Å². The highest BCUT2D eigenvalue weighted by Gasteiger charge is 2.55. The van der Waals surface area contributed by atoms with E-state index < -0.39 is 90.0 Å². The van der Waals surface area contributed by atoms with E-state index in [4.69, 9.17) is 23.7 Å². The molecule has 0 aliphatic carbocycles. The van der Waals surface area contributed by atoms with Crippen LogP contribution in [0.25, 0.3) is 0 Å². The van der Waals surface area contributed by atoms with Crippen molar-refractivity contribution >= 4 is 29.9 Å². The first-order chi connectivity index (χ1) is 24.2. The standard InChI is InChI=1S/C32H43N5O14/c1-5-47-30(44)23(33-13-9-14-34-28(43)22(17(2)38)36-32(46)48-16-20-10-7-6-8-11-20)24(42)25-26(49-18(3)39)27(50-19(4)40)29(51-25)37-15-12-21(41)35-31(37)45/h6-8,10-12,15,17,22-27,29,33,38,42H,5,9,13-14,16H2,1-4H3,(H,34,43)(H,36,46)(H,35,41,45)/t17-,22-,23?,24+,25+,26+,27+,29-/m0/s1. The quantitative estimate of drug-likeness (QED) is 0.0608. The van der Waals surface area contributed by atoms with E-state index in [2.05, 4.69) is 16.0 Å². The van der Waals surface area contributed by atoms with Gasteiger partial charge in [0.25, 0.3) is 5.56 Å². The van der Waals surface area contributed by atoms with Gasteiger partial charge in [0.05, 0.1) is 12.7 Å². The molecule has 8 atom stereocenters. The topological polar surface area (TPSA) is 263 Å². The van der Waals surface area contributed by atoms with Gasteiger partial charge in [0.1, 0.15) is 30.9 Å². The lowest BCUT2D eigenvalue weighted by Gasteiger charge is -2.30. The zero-order valence-electron chi connectivity index (χ0n) is 28.4. The molecule has 1 fully saturated rings. The van der Waals surface area contributed by atoms with Crippen molar-refractivity contribution in [3.05, 3.63) is 69.0 Å². The van der Waals surface area contributed by atoms with Crippen LogP contribution in [0.4, 0.5) is 4.79 Å². The third-order valence-corrected chi connectivity index (χ3v) is 7.44. The summed E-state index contributed by atoms with van der Waals surface area (Å²) in [5.41, 5.74) is -0.965. The SMILES string of the molecule is CCOC(=O)C(NCCCNC(=O)[C@@H](NC(=O)OCc1ccccc1)[C@H](C)O)[C@@H](O)[C@H]1O[C@H](n2ccc(=O)[nH]c2=O)[C@H](OC(C)=O)[C@@H]1OC(C)=O. The molecule has 1 saturated heterocycles. The first kappa shape index (κ1) is 40.3. The number of aromatic amines is 1. The highest BCUT2D eigenvalue weighted by atomic mass is 16.6. The Kier molecular flexibility index (Phi) is 15.3. The maximum Gasteiger partial charge on any atom is 0.408 e. The van der Waals surface area contributed by atoms with Crippen LogP contribution in [0.1, 0.15) is 45.9 Å². The van der Waals surface area contributed by atoms with Crippen LogP contribution >= 0.6 is 0 Å². The molecule has 2 heterocycles. The summed E-state index contributed by atoms with van der Waals surface area (Å²) in [6.07, 6.45) is -8.94.